The molecule has 0 fully saturated rings. The normalized spacial score (nSPS) is 12.6. The van der Waals surface area contributed by atoms with Crippen LogP contribution in [0.4, 0.5) is 4.79 Å². The molecular formula is C18H30N2O3. The molecule has 1 amide bonds. The van der Waals surface area contributed by atoms with Crippen molar-refractivity contribution in [1.29, 1.82) is 0 Å². The van der Waals surface area contributed by atoms with Crippen LogP contribution in [0.2, 0.25) is 0 Å². The van der Waals surface area contributed by atoms with E-state index in [1.54, 1.807) is 0 Å². The van der Waals surface area contributed by atoms with Gasteiger partial charge in [-0.05, 0) is 65.3 Å². The molecule has 1 rings (SSSR count). The van der Waals surface area contributed by atoms with Crippen LogP contribution in [0.15, 0.2) is 24.3 Å². The molecule has 2 N–H and O–H groups in total. The monoisotopic (exact) mass is 322 g/mol. The Balaban J connectivity index is 2.21. The van der Waals surface area contributed by atoms with Crippen LogP contribution >= 0.6 is 0 Å². The zero-order chi connectivity index (χ0) is 17.3. The fraction of sp³-hybridized carbons (Fsp3) is 0.611. The van der Waals surface area contributed by atoms with Crippen LogP contribution in [-0.4, -0.2) is 31.4 Å². The van der Waals surface area contributed by atoms with E-state index < -0.39 is 5.60 Å². The van der Waals surface area contributed by atoms with E-state index in [0.29, 0.717) is 13.2 Å². The first-order chi connectivity index (χ1) is 10.8. The molecule has 5 heteroatoms. The summed E-state index contributed by atoms with van der Waals surface area (Å²) in [5.74, 6) is 0.894. The van der Waals surface area contributed by atoms with Gasteiger partial charge in [-0.2, -0.15) is 0 Å². The fourth-order valence-electron chi connectivity index (χ4n) is 2.05. The van der Waals surface area contributed by atoms with E-state index in [2.05, 4.69) is 29.7 Å². The fourth-order valence-corrected chi connectivity index (χ4v) is 2.05. The van der Waals surface area contributed by atoms with E-state index in [1.807, 2.05) is 39.8 Å². The Hall–Kier alpha value is -1.75. The summed E-state index contributed by atoms with van der Waals surface area (Å²) < 4.78 is 10.6. The molecule has 23 heavy (non-hydrogen) atoms. The van der Waals surface area contributed by atoms with Gasteiger partial charge < -0.3 is 20.1 Å². The van der Waals surface area contributed by atoms with Crippen molar-refractivity contribution < 1.29 is 14.3 Å². The Morgan fingerprint density at radius 1 is 1.17 bits per heavy atom. The Morgan fingerprint density at radius 2 is 1.83 bits per heavy atom. The van der Waals surface area contributed by atoms with Crippen LogP contribution < -0.4 is 15.4 Å². The van der Waals surface area contributed by atoms with Gasteiger partial charge in [0.15, 0.2) is 0 Å². The minimum atomic E-state index is -0.454. The average Bonchev–Trinajstić information content (AvgIpc) is 2.46. The summed E-state index contributed by atoms with van der Waals surface area (Å²) in [6, 6.07) is 8.37. The minimum Gasteiger partial charge on any atom is -0.494 e. The molecule has 0 spiro atoms. The van der Waals surface area contributed by atoms with Crippen LogP contribution in [-0.2, 0) is 4.74 Å². The highest BCUT2D eigenvalue weighted by Crippen LogP contribution is 2.17. The maximum absolute atomic E-state index is 11.5. The van der Waals surface area contributed by atoms with Gasteiger partial charge in [-0.3, -0.25) is 0 Å². The highest BCUT2D eigenvalue weighted by atomic mass is 16.6. The van der Waals surface area contributed by atoms with E-state index in [4.69, 9.17) is 9.47 Å². The zero-order valence-corrected chi connectivity index (χ0v) is 14.9. The second-order valence-electron chi connectivity index (χ2n) is 6.46. The van der Waals surface area contributed by atoms with Crippen molar-refractivity contribution in [2.75, 3.05) is 19.7 Å². The standard InChI is InChI=1S/C18H30N2O3/c1-6-22-16-10-8-15(9-11-16)14(2)19-12-7-13-20-17(21)23-18(3,4)5/h8-11,14,19H,6-7,12-13H2,1-5H3,(H,20,21). The molecule has 130 valence electrons. The van der Waals surface area contributed by atoms with E-state index in [1.165, 1.54) is 5.56 Å². The molecular weight excluding hydrogens is 292 g/mol. The molecule has 5 nitrogen and oxygen atoms in total. The number of benzene rings is 1. The van der Waals surface area contributed by atoms with Crippen LogP contribution in [0.3, 0.4) is 0 Å². The SMILES string of the molecule is CCOc1ccc(C(C)NCCCNC(=O)OC(C)(C)C)cc1. The first kappa shape index (κ1) is 19.3. The van der Waals surface area contributed by atoms with Crippen molar-refractivity contribution in [2.45, 2.75) is 52.7 Å². The number of amides is 1. The number of rotatable bonds is 8. The van der Waals surface area contributed by atoms with Gasteiger partial charge in [0.1, 0.15) is 11.4 Å². The number of carbonyl (C=O) groups is 1. The highest BCUT2D eigenvalue weighted by molar-refractivity contribution is 5.67. The third-order valence-corrected chi connectivity index (χ3v) is 3.16. The van der Waals surface area contributed by atoms with E-state index >= 15 is 0 Å². The van der Waals surface area contributed by atoms with E-state index in [0.717, 1.165) is 18.7 Å². The first-order valence-electron chi connectivity index (χ1n) is 8.25. The predicted molar refractivity (Wildman–Crippen MR) is 92.9 cm³/mol. The number of alkyl carbamates (subject to hydrolysis) is 1. The number of ether oxygens (including phenoxy) is 2. The van der Waals surface area contributed by atoms with Crippen LogP contribution in [0.5, 0.6) is 5.75 Å². The maximum Gasteiger partial charge on any atom is 0.407 e. The number of carbonyl (C=O) groups excluding carboxylic acids is 1. The molecule has 0 radical (unpaired) electrons. The Bertz CT molecular complexity index is 466. The van der Waals surface area contributed by atoms with Gasteiger partial charge in [-0.1, -0.05) is 12.1 Å². The van der Waals surface area contributed by atoms with Crippen molar-refractivity contribution in [1.82, 2.24) is 10.6 Å². The van der Waals surface area contributed by atoms with Gasteiger partial charge in [0, 0.05) is 12.6 Å². The predicted octanol–water partition coefficient (Wildman–Crippen LogP) is 3.65. The summed E-state index contributed by atoms with van der Waals surface area (Å²) in [7, 11) is 0. The summed E-state index contributed by atoms with van der Waals surface area (Å²) in [5, 5.41) is 6.20. The summed E-state index contributed by atoms with van der Waals surface area (Å²) >= 11 is 0. The van der Waals surface area contributed by atoms with E-state index in [9.17, 15) is 4.79 Å². The van der Waals surface area contributed by atoms with Crippen molar-refractivity contribution >= 4 is 6.09 Å². The smallest absolute Gasteiger partial charge is 0.407 e. The Morgan fingerprint density at radius 3 is 2.39 bits per heavy atom. The van der Waals surface area contributed by atoms with Gasteiger partial charge in [0.2, 0.25) is 0 Å². The third-order valence-electron chi connectivity index (χ3n) is 3.16. The quantitative estimate of drug-likeness (QED) is 0.717. The Labute approximate surface area is 139 Å². The highest BCUT2D eigenvalue weighted by Gasteiger charge is 2.15. The van der Waals surface area contributed by atoms with Crippen LogP contribution in [0.25, 0.3) is 0 Å². The summed E-state index contributed by atoms with van der Waals surface area (Å²) in [4.78, 5) is 11.5. The minimum absolute atomic E-state index is 0.257. The first-order valence-corrected chi connectivity index (χ1v) is 8.25. The molecule has 1 aromatic rings. The largest absolute Gasteiger partial charge is 0.494 e. The zero-order valence-electron chi connectivity index (χ0n) is 14.9. The van der Waals surface area contributed by atoms with Gasteiger partial charge in [-0.15, -0.1) is 0 Å². The second kappa shape index (κ2) is 9.40. The number of hydrogen-bond donors (Lipinski definition) is 2. The molecule has 0 aliphatic rings. The molecule has 0 saturated heterocycles. The summed E-state index contributed by atoms with van der Waals surface area (Å²) in [6.07, 6.45) is 0.484. The molecule has 0 saturated carbocycles. The lowest BCUT2D eigenvalue weighted by Gasteiger charge is -2.20. The van der Waals surface area contributed by atoms with Crippen molar-refractivity contribution in [3.63, 3.8) is 0 Å². The third kappa shape index (κ3) is 8.45. The maximum atomic E-state index is 11.5. The molecule has 1 aromatic carbocycles. The van der Waals surface area contributed by atoms with Crippen LogP contribution in [0.1, 0.15) is 52.6 Å². The van der Waals surface area contributed by atoms with Crippen molar-refractivity contribution in [2.24, 2.45) is 0 Å². The number of nitrogens with one attached hydrogen (secondary N) is 2. The van der Waals surface area contributed by atoms with Crippen molar-refractivity contribution in [3.05, 3.63) is 29.8 Å². The van der Waals surface area contributed by atoms with Crippen LogP contribution in [0, 0.1) is 0 Å². The molecule has 0 bridgehead atoms. The van der Waals surface area contributed by atoms with Gasteiger partial charge in [0.25, 0.3) is 0 Å². The molecule has 1 atom stereocenters. The van der Waals surface area contributed by atoms with Gasteiger partial charge in [-0.25, -0.2) is 4.79 Å². The average molecular weight is 322 g/mol. The van der Waals surface area contributed by atoms with Gasteiger partial charge in [0.05, 0.1) is 6.61 Å². The Kier molecular flexibility index (Phi) is 7.89. The van der Waals surface area contributed by atoms with Gasteiger partial charge >= 0.3 is 6.09 Å². The molecule has 0 aliphatic heterocycles. The second-order valence-corrected chi connectivity index (χ2v) is 6.46. The van der Waals surface area contributed by atoms with E-state index in [-0.39, 0.29) is 12.1 Å². The molecule has 1 unspecified atom stereocenters. The van der Waals surface area contributed by atoms with Crippen molar-refractivity contribution in [3.8, 4) is 5.75 Å². The lowest BCUT2D eigenvalue weighted by Crippen LogP contribution is -2.34. The summed E-state index contributed by atoms with van der Waals surface area (Å²) in [6.45, 7) is 11.8. The molecule has 0 aliphatic carbocycles. The lowest BCUT2D eigenvalue weighted by molar-refractivity contribution is 0.0527. The molecule has 0 aromatic heterocycles. The molecule has 0 heterocycles. The topological polar surface area (TPSA) is 59.6 Å². The summed E-state index contributed by atoms with van der Waals surface area (Å²) in [5.41, 5.74) is 0.762. The number of hydrogen-bond acceptors (Lipinski definition) is 4. The lowest BCUT2D eigenvalue weighted by atomic mass is 10.1.